The summed E-state index contributed by atoms with van der Waals surface area (Å²) in [5, 5.41) is 4.12. The molecule has 0 saturated heterocycles. The van der Waals surface area contributed by atoms with Crippen LogP contribution >= 0.6 is 11.8 Å². The van der Waals surface area contributed by atoms with Crippen molar-refractivity contribution >= 4 is 11.8 Å². The van der Waals surface area contributed by atoms with Gasteiger partial charge in [-0.05, 0) is 31.0 Å². The quantitative estimate of drug-likeness (QED) is 0.801. The predicted molar refractivity (Wildman–Crippen MR) is 76.6 cm³/mol. The third-order valence-electron chi connectivity index (χ3n) is 3.43. The fraction of sp³-hybridized carbons (Fsp3) is 0.600. The SMILES string of the molecule is CC(CNC1CCCCC1)Sc1cccc(F)c1. The lowest BCUT2D eigenvalue weighted by Gasteiger charge is -2.24. The van der Waals surface area contributed by atoms with E-state index in [-0.39, 0.29) is 5.82 Å². The molecule has 0 amide bonds. The van der Waals surface area contributed by atoms with Crippen molar-refractivity contribution < 1.29 is 4.39 Å². The smallest absolute Gasteiger partial charge is 0.124 e. The van der Waals surface area contributed by atoms with Crippen LogP contribution in [0.5, 0.6) is 0 Å². The summed E-state index contributed by atoms with van der Waals surface area (Å²) in [6, 6.07) is 7.56. The number of thioether (sulfide) groups is 1. The first kappa shape index (κ1) is 13.9. The summed E-state index contributed by atoms with van der Waals surface area (Å²) < 4.78 is 13.1. The second-order valence-electron chi connectivity index (χ2n) is 5.13. The molecule has 1 atom stereocenters. The first-order valence-corrected chi connectivity index (χ1v) is 7.77. The number of hydrogen-bond acceptors (Lipinski definition) is 2. The summed E-state index contributed by atoms with van der Waals surface area (Å²) in [4.78, 5) is 1.02. The van der Waals surface area contributed by atoms with Crippen LogP contribution in [-0.2, 0) is 0 Å². The van der Waals surface area contributed by atoms with Crippen LogP contribution in [0.3, 0.4) is 0 Å². The maximum atomic E-state index is 13.1. The predicted octanol–water partition coefficient (Wildman–Crippen LogP) is 4.23. The van der Waals surface area contributed by atoms with Crippen molar-refractivity contribution in [3.63, 3.8) is 0 Å². The van der Waals surface area contributed by atoms with Gasteiger partial charge in [0.2, 0.25) is 0 Å². The molecule has 1 saturated carbocycles. The fourth-order valence-electron chi connectivity index (χ4n) is 2.45. The van der Waals surface area contributed by atoms with Gasteiger partial charge in [0.05, 0.1) is 0 Å². The average molecular weight is 267 g/mol. The molecule has 1 aromatic rings. The van der Waals surface area contributed by atoms with Gasteiger partial charge in [-0.25, -0.2) is 4.39 Å². The molecule has 1 N–H and O–H groups in total. The fourth-order valence-corrected chi connectivity index (χ4v) is 3.44. The molecule has 3 heteroatoms. The zero-order valence-electron chi connectivity index (χ0n) is 11.0. The summed E-state index contributed by atoms with van der Waals surface area (Å²) in [5.74, 6) is -0.146. The summed E-state index contributed by atoms with van der Waals surface area (Å²) in [6.07, 6.45) is 6.76. The first-order chi connectivity index (χ1) is 8.74. The van der Waals surface area contributed by atoms with Gasteiger partial charge in [0.15, 0.2) is 0 Å². The molecule has 100 valence electrons. The number of benzene rings is 1. The van der Waals surface area contributed by atoms with Gasteiger partial charge in [0, 0.05) is 22.7 Å². The van der Waals surface area contributed by atoms with E-state index < -0.39 is 0 Å². The molecule has 1 fully saturated rings. The highest BCUT2D eigenvalue weighted by Gasteiger charge is 2.14. The van der Waals surface area contributed by atoms with E-state index in [1.54, 1.807) is 23.9 Å². The van der Waals surface area contributed by atoms with Gasteiger partial charge >= 0.3 is 0 Å². The molecule has 0 aliphatic heterocycles. The zero-order chi connectivity index (χ0) is 12.8. The highest BCUT2D eigenvalue weighted by Crippen LogP contribution is 2.24. The summed E-state index contributed by atoms with van der Waals surface area (Å²) in [6.45, 7) is 3.21. The van der Waals surface area contributed by atoms with E-state index >= 15 is 0 Å². The third kappa shape index (κ3) is 4.62. The van der Waals surface area contributed by atoms with Gasteiger partial charge in [-0.3, -0.25) is 0 Å². The van der Waals surface area contributed by atoms with Crippen molar-refractivity contribution in [2.75, 3.05) is 6.54 Å². The van der Waals surface area contributed by atoms with Crippen LogP contribution in [0.15, 0.2) is 29.2 Å². The molecular formula is C15H22FNS. The second-order valence-corrected chi connectivity index (χ2v) is 6.64. The average Bonchev–Trinajstić information content (AvgIpc) is 2.38. The van der Waals surface area contributed by atoms with Gasteiger partial charge in [0.25, 0.3) is 0 Å². The van der Waals surface area contributed by atoms with E-state index in [9.17, 15) is 4.39 Å². The topological polar surface area (TPSA) is 12.0 Å². The van der Waals surface area contributed by atoms with Gasteiger partial charge in [-0.2, -0.15) is 0 Å². The molecular weight excluding hydrogens is 245 g/mol. The number of nitrogens with one attached hydrogen (secondary N) is 1. The Kier molecular flexibility index (Phi) is 5.51. The van der Waals surface area contributed by atoms with Crippen LogP contribution in [0.1, 0.15) is 39.0 Å². The lowest BCUT2D eigenvalue weighted by Crippen LogP contribution is -2.35. The first-order valence-electron chi connectivity index (χ1n) is 6.89. The van der Waals surface area contributed by atoms with Crippen molar-refractivity contribution in [3.05, 3.63) is 30.1 Å². The van der Waals surface area contributed by atoms with Crippen molar-refractivity contribution in [1.29, 1.82) is 0 Å². The largest absolute Gasteiger partial charge is 0.313 e. The Balaban J connectivity index is 1.72. The Morgan fingerprint density at radius 3 is 2.83 bits per heavy atom. The van der Waals surface area contributed by atoms with E-state index in [1.807, 2.05) is 6.07 Å². The van der Waals surface area contributed by atoms with Gasteiger partial charge in [0.1, 0.15) is 5.82 Å². The maximum absolute atomic E-state index is 13.1. The molecule has 1 aliphatic carbocycles. The second kappa shape index (κ2) is 7.15. The Morgan fingerprint density at radius 2 is 2.11 bits per heavy atom. The molecule has 0 bridgehead atoms. The van der Waals surface area contributed by atoms with Gasteiger partial charge in [-0.15, -0.1) is 11.8 Å². The molecule has 0 radical (unpaired) electrons. The van der Waals surface area contributed by atoms with Crippen molar-refractivity contribution in [1.82, 2.24) is 5.32 Å². The summed E-state index contributed by atoms with van der Waals surface area (Å²) in [5.41, 5.74) is 0. The number of halogens is 1. The van der Waals surface area contributed by atoms with Crippen LogP contribution < -0.4 is 5.32 Å². The molecule has 1 aromatic carbocycles. The van der Waals surface area contributed by atoms with Crippen LogP contribution in [0.2, 0.25) is 0 Å². The summed E-state index contributed by atoms with van der Waals surface area (Å²) >= 11 is 1.74. The van der Waals surface area contributed by atoms with E-state index in [2.05, 4.69) is 12.2 Å². The highest BCUT2D eigenvalue weighted by atomic mass is 32.2. The molecule has 0 heterocycles. The minimum atomic E-state index is -0.146. The Labute approximate surface area is 114 Å². The number of hydrogen-bond donors (Lipinski definition) is 1. The zero-order valence-corrected chi connectivity index (χ0v) is 11.8. The molecule has 0 spiro atoms. The minimum Gasteiger partial charge on any atom is -0.313 e. The monoisotopic (exact) mass is 267 g/mol. The third-order valence-corrected chi connectivity index (χ3v) is 4.53. The molecule has 0 aromatic heterocycles. The normalized spacial score (nSPS) is 18.8. The van der Waals surface area contributed by atoms with Crippen LogP contribution in [0, 0.1) is 5.82 Å². The van der Waals surface area contributed by atoms with Crippen LogP contribution in [-0.4, -0.2) is 17.8 Å². The van der Waals surface area contributed by atoms with E-state index in [4.69, 9.17) is 0 Å². The number of rotatable bonds is 5. The van der Waals surface area contributed by atoms with Crippen molar-refractivity contribution in [2.24, 2.45) is 0 Å². The molecule has 1 unspecified atom stereocenters. The van der Waals surface area contributed by atoms with Crippen molar-refractivity contribution in [2.45, 2.75) is 55.2 Å². The standard InChI is InChI=1S/C15H22FNS/c1-12(11-17-14-7-3-2-4-8-14)18-15-9-5-6-13(16)10-15/h5-6,9-10,12,14,17H,2-4,7-8,11H2,1H3. The molecule has 1 nitrogen and oxygen atoms in total. The lowest BCUT2D eigenvalue weighted by atomic mass is 9.95. The van der Waals surface area contributed by atoms with E-state index in [0.29, 0.717) is 11.3 Å². The van der Waals surface area contributed by atoms with Crippen LogP contribution in [0.4, 0.5) is 4.39 Å². The Morgan fingerprint density at radius 1 is 1.33 bits per heavy atom. The van der Waals surface area contributed by atoms with Gasteiger partial charge in [-0.1, -0.05) is 32.3 Å². The van der Waals surface area contributed by atoms with E-state index in [0.717, 1.165) is 11.4 Å². The van der Waals surface area contributed by atoms with Crippen LogP contribution in [0.25, 0.3) is 0 Å². The lowest BCUT2D eigenvalue weighted by molar-refractivity contribution is 0.375. The molecule has 18 heavy (non-hydrogen) atoms. The van der Waals surface area contributed by atoms with E-state index in [1.165, 1.54) is 38.2 Å². The highest BCUT2D eigenvalue weighted by molar-refractivity contribution is 8.00. The molecule has 2 rings (SSSR count). The summed E-state index contributed by atoms with van der Waals surface area (Å²) in [7, 11) is 0. The van der Waals surface area contributed by atoms with Gasteiger partial charge < -0.3 is 5.32 Å². The minimum absolute atomic E-state index is 0.146. The van der Waals surface area contributed by atoms with Crippen molar-refractivity contribution in [3.8, 4) is 0 Å². The maximum Gasteiger partial charge on any atom is 0.124 e. The molecule has 1 aliphatic rings. The Hall–Kier alpha value is -0.540. The Bertz CT molecular complexity index is 363.